The number of benzene rings is 1. The summed E-state index contributed by atoms with van der Waals surface area (Å²) in [6, 6.07) is 5.68. The van der Waals surface area contributed by atoms with Crippen LogP contribution in [0.4, 0.5) is 0 Å². The normalized spacial score (nSPS) is 23.3. The molecule has 1 atom stereocenters. The number of halogens is 2. The van der Waals surface area contributed by atoms with Gasteiger partial charge in [-0.1, -0.05) is 29.3 Å². The van der Waals surface area contributed by atoms with Crippen molar-refractivity contribution in [1.29, 1.82) is 0 Å². The molecule has 1 aromatic rings. The summed E-state index contributed by atoms with van der Waals surface area (Å²) in [5, 5.41) is 1.19. The van der Waals surface area contributed by atoms with Gasteiger partial charge in [0.15, 0.2) is 0 Å². The molecule has 3 rings (SSSR count). The number of rotatable bonds is 4. The fourth-order valence-corrected chi connectivity index (χ4v) is 4.73. The number of hydrogen-bond donors (Lipinski definition) is 1. The van der Waals surface area contributed by atoms with E-state index in [-0.39, 0.29) is 11.3 Å². The molecule has 0 bridgehead atoms. The number of carbonyl (C=O) groups excluding carboxylic acids is 1. The zero-order chi connectivity index (χ0) is 15.5. The molecule has 0 radical (unpaired) electrons. The highest BCUT2D eigenvalue weighted by atomic mass is 35.5. The van der Waals surface area contributed by atoms with Gasteiger partial charge < -0.3 is 9.80 Å². The first-order valence-electron chi connectivity index (χ1n) is 7.85. The number of nitrogens with zero attached hydrogens (tertiary/aromatic N) is 1. The van der Waals surface area contributed by atoms with Gasteiger partial charge in [-0.05, 0) is 37.0 Å². The van der Waals surface area contributed by atoms with Gasteiger partial charge in [0.05, 0.1) is 42.0 Å². The standard InChI is InChI=1S/C16H20Cl2N2OS/c17-13-5-4-12(10-14(13)18)16-20(15(21)11-22-16)9-8-19-6-2-1-3-7-19/h4-5,10,16H,1-3,6-9,11H2/p+1/t16-/m1/s1. The number of nitrogens with one attached hydrogen (secondary N) is 1. The van der Waals surface area contributed by atoms with E-state index in [4.69, 9.17) is 23.2 Å². The van der Waals surface area contributed by atoms with Crippen LogP contribution in [0.2, 0.25) is 10.0 Å². The minimum Gasteiger partial charge on any atom is -0.333 e. The first-order chi connectivity index (χ1) is 10.6. The van der Waals surface area contributed by atoms with Crippen molar-refractivity contribution in [3.63, 3.8) is 0 Å². The summed E-state index contributed by atoms with van der Waals surface area (Å²) in [7, 11) is 0. The molecule has 22 heavy (non-hydrogen) atoms. The molecule has 0 saturated carbocycles. The Kier molecular flexibility index (Phi) is 5.55. The molecule has 6 heteroatoms. The van der Waals surface area contributed by atoms with Gasteiger partial charge in [0, 0.05) is 0 Å². The average Bonchev–Trinajstić information content (AvgIpc) is 2.90. The van der Waals surface area contributed by atoms with Gasteiger partial charge in [0.1, 0.15) is 5.37 Å². The second kappa shape index (κ2) is 7.43. The lowest BCUT2D eigenvalue weighted by molar-refractivity contribution is -0.904. The molecule has 0 unspecified atom stereocenters. The molecule has 2 heterocycles. The van der Waals surface area contributed by atoms with Crippen LogP contribution >= 0.6 is 35.0 Å². The molecule has 1 aromatic carbocycles. The molecular weight excluding hydrogens is 339 g/mol. The zero-order valence-electron chi connectivity index (χ0n) is 12.5. The number of amides is 1. The maximum atomic E-state index is 12.2. The fourth-order valence-electron chi connectivity index (χ4n) is 3.22. The summed E-state index contributed by atoms with van der Waals surface area (Å²) in [4.78, 5) is 15.9. The van der Waals surface area contributed by atoms with Crippen LogP contribution in [-0.2, 0) is 4.79 Å². The first kappa shape index (κ1) is 16.4. The highest BCUT2D eigenvalue weighted by Gasteiger charge is 2.33. The Labute approximate surface area is 145 Å². The van der Waals surface area contributed by atoms with Gasteiger partial charge in [-0.3, -0.25) is 4.79 Å². The van der Waals surface area contributed by atoms with E-state index in [1.807, 2.05) is 23.1 Å². The van der Waals surface area contributed by atoms with Gasteiger partial charge in [-0.25, -0.2) is 0 Å². The highest BCUT2D eigenvalue weighted by molar-refractivity contribution is 8.00. The first-order valence-corrected chi connectivity index (χ1v) is 9.65. The van der Waals surface area contributed by atoms with Crippen LogP contribution in [0.15, 0.2) is 18.2 Å². The Bertz CT molecular complexity index is 549. The molecule has 2 aliphatic heterocycles. The number of quaternary nitrogens is 1. The minimum absolute atomic E-state index is 0.0754. The molecule has 0 spiro atoms. The van der Waals surface area contributed by atoms with E-state index in [1.165, 1.54) is 32.4 Å². The maximum Gasteiger partial charge on any atom is 0.234 e. The summed E-state index contributed by atoms with van der Waals surface area (Å²) in [5.41, 5.74) is 1.07. The molecule has 3 nitrogen and oxygen atoms in total. The van der Waals surface area contributed by atoms with Gasteiger partial charge in [0.2, 0.25) is 5.91 Å². The molecule has 2 aliphatic rings. The second-order valence-corrected chi connectivity index (χ2v) is 7.87. The Morgan fingerprint density at radius 1 is 1.18 bits per heavy atom. The number of hydrogen-bond acceptors (Lipinski definition) is 2. The van der Waals surface area contributed by atoms with E-state index < -0.39 is 0 Å². The molecule has 1 amide bonds. The molecule has 0 aliphatic carbocycles. The van der Waals surface area contributed by atoms with Crippen molar-refractivity contribution in [2.75, 3.05) is 31.9 Å². The van der Waals surface area contributed by atoms with Crippen LogP contribution < -0.4 is 4.90 Å². The Morgan fingerprint density at radius 2 is 1.95 bits per heavy atom. The predicted molar refractivity (Wildman–Crippen MR) is 92.8 cm³/mol. The van der Waals surface area contributed by atoms with Crippen molar-refractivity contribution in [3.8, 4) is 0 Å². The number of carbonyl (C=O) groups is 1. The Morgan fingerprint density at radius 3 is 2.68 bits per heavy atom. The zero-order valence-corrected chi connectivity index (χ0v) is 14.8. The number of likely N-dealkylation sites (tertiary alicyclic amines) is 1. The van der Waals surface area contributed by atoms with Crippen molar-refractivity contribution >= 4 is 40.9 Å². The number of thioether (sulfide) groups is 1. The molecule has 120 valence electrons. The summed E-state index contributed by atoms with van der Waals surface area (Å²) in [5.74, 6) is 0.790. The van der Waals surface area contributed by atoms with Gasteiger partial charge >= 0.3 is 0 Å². The van der Waals surface area contributed by atoms with Crippen molar-refractivity contribution < 1.29 is 9.69 Å². The quantitative estimate of drug-likeness (QED) is 0.893. The Hall–Kier alpha value is -0.420. The minimum atomic E-state index is 0.0754. The van der Waals surface area contributed by atoms with E-state index in [9.17, 15) is 4.79 Å². The van der Waals surface area contributed by atoms with Crippen LogP contribution in [0.25, 0.3) is 0 Å². The van der Waals surface area contributed by atoms with E-state index in [1.54, 1.807) is 16.7 Å². The molecule has 2 fully saturated rings. The smallest absolute Gasteiger partial charge is 0.234 e. The van der Waals surface area contributed by atoms with E-state index in [0.29, 0.717) is 15.8 Å². The summed E-state index contributed by atoms with van der Waals surface area (Å²) < 4.78 is 0. The van der Waals surface area contributed by atoms with Crippen molar-refractivity contribution in [2.45, 2.75) is 24.6 Å². The van der Waals surface area contributed by atoms with Crippen LogP contribution in [0.3, 0.4) is 0 Å². The third kappa shape index (κ3) is 3.73. The monoisotopic (exact) mass is 359 g/mol. The van der Waals surface area contributed by atoms with E-state index >= 15 is 0 Å². The lowest BCUT2D eigenvalue weighted by Crippen LogP contribution is -3.13. The maximum absolute atomic E-state index is 12.2. The highest BCUT2D eigenvalue weighted by Crippen LogP contribution is 2.39. The Balaban J connectivity index is 1.67. The van der Waals surface area contributed by atoms with Gasteiger partial charge in [-0.2, -0.15) is 0 Å². The summed E-state index contributed by atoms with van der Waals surface area (Å²) >= 11 is 13.8. The third-order valence-electron chi connectivity index (χ3n) is 4.46. The lowest BCUT2D eigenvalue weighted by atomic mass is 10.1. The van der Waals surface area contributed by atoms with Crippen LogP contribution in [0.1, 0.15) is 30.2 Å². The van der Waals surface area contributed by atoms with E-state index in [2.05, 4.69) is 0 Å². The second-order valence-electron chi connectivity index (χ2n) is 5.98. The molecule has 0 aromatic heterocycles. The molecular formula is C16H21Cl2N2OS+. The molecule has 2 saturated heterocycles. The SMILES string of the molecule is O=C1CS[C@H](c2ccc(Cl)c(Cl)c2)N1CC[NH+]1CCCCC1. The lowest BCUT2D eigenvalue weighted by Gasteiger charge is -2.28. The van der Waals surface area contributed by atoms with Crippen molar-refractivity contribution in [2.24, 2.45) is 0 Å². The topological polar surface area (TPSA) is 24.8 Å². The van der Waals surface area contributed by atoms with E-state index in [0.717, 1.165) is 18.7 Å². The number of piperidine rings is 1. The largest absolute Gasteiger partial charge is 0.333 e. The average molecular weight is 360 g/mol. The van der Waals surface area contributed by atoms with Gasteiger partial charge in [-0.15, -0.1) is 11.8 Å². The van der Waals surface area contributed by atoms with Crippen LogP contribution in [0, 0.1) is 0 Å². The van der Waals surface area contributed by atoms with Crippen molar-refractivity contribution in [1.82, 2.24) is 4.90 Å². The van der Waals surface area contributed by atoms with Crippen LogP contribution in [0.5, 0.6) is 0 Å². The van der Waals surface area contributed by atoms with Crippen molar-refractivity contribution in [3.05, 3.63) is 33.8 Å². The predicted octanol–water partition coefficient (Wildman–Crippen LogP) is 2.64. The molecule has 1 N–H and O–H groups in total. The fraction of sp³-hybridized carbons (Fsp3) is 0.562. The van der Waals surface area contributed by atoms with Gasteiger partial charge in [0.25, 0.3) is 0 Å². The summed E-state index contributed by atoms with van der Waals surface area (Å²) in [6.45, 7) is 4.36. The third-order valence-corrected chi connectivity index (χ3v) is 6.46. The summed E-state index contributed by atoms with van der Waals surface area (Å²) in [6.07, 6.45) is 3.98. The van der Waals surface area contributed by atoms with Crippen LogP contribution in [-0.4, -0.2) is 42.7 Å².